The van der Waals surface area contributed by atoms with Crippen molar-refractivity contribution >= 4 is 0 Å². The highest BCUT2D eigenvalue weighted by Crippen LogP contribution is 2.18. The Kier molecular flexibility index (Phi) is 5.75. The van der Waals surface area contributed by atoms with E-state index < -0.39 is 5.54 Å². The van der Waals surface area contributed by atoms with Crippen LogP contribution < -0.4 is 5.32 Å². The van der Waals surface area contributed by atoms with Gasteiger partial charge in [0.25, 0.3) is 0 Å². The summed E-state index contributed by atoms with van der Waals surface area (Å²) in [5, 5.41) is 12.6. The largest absolute Gasteiger partial charge is 0.382 e. The Labute approximate surface area is 87.4 Å². The Morgan fingerprint density at radius 2 is 2.00 bits per heavy atom. The van der Waals surface area contributed by atoms with E-state index in [0.717, 1.165) is 6.42 Å². The number of nitrogens with zero attached hydrogens (tertiary/aromatic N) is 1. The average molecular weight is 198 g/mol. The summed E-state index contributed by atoms with van der Waals surface area (Å²) in [6, 6.07) is 2.69. The second-order valence-electron chi connectivity index (χ2n) is 4.12. The van der Waals surface area contributed by atoms with E-state index in [9.17, 15) is 5.26 Å². The second kappa shape index (κ2) is 6.00. The third-order valence-corrected chi connectivity index (χ3v) is 2.67. The molecular weight excluding hydrogens is 176 g/mol. The molecule has 0 saturated heterocycles. The zero-order chi connectivity index (χ0) is 11.2. The van der Waals surface area contributed by atoms with Crippen molar-refractivity contribution < 1.29 is 4.74 Å². The molecule has 0 aliphatic carbocycles. The van der Waals surface area contributed by atoms with Crippen molar-refractivity contribution in [2.24, 2.45) is 5.92 Å². The molecule has 14 heavy (non-hydrogen) atoms. The summed E-state index contributed by atoms with van der Waals surface area (Å²) in [7, 11) is 1.63. The van der Waals surface area contributed by atoms with Crippen LogP contribution in [0, 0.1) is 17.2 Å². The molecule has 0 radical (unpaired) electrons. The first-order valence-corrected chi connectivity index (χ1v) is 5.20. The molecule has 0 fully saturated rings. The molecule has 0 heterocycles. The van der Waals surface area contributed by atoms with E-state index in [-0.39, 0.29) is 5.92 Å². The first-order chi connectivity index (χ1) is 6.52. The Balaban J connectivity index is 4.60. The highest BCUT2D eigenvalue weighted by Gasteiger charge is 2.34. The van der Waals surface area contributed by atoms with Crippen molar-refractivity contribution in [2.75, 3.05) is 13.7 Å². The first-order valence-electron chi connectivity index (χ1n) is 5.20. The van der Waals surface area contributed by atoms with E-state index in [1.54, 1.807) is 7.11 Å². The average Bonchev–Trinajstić information content (AvgIpc) is 2.16. The minimum Gasteiger partial charge on any atom is -0.382 e. The lowest BCUT2D eigenvalue weighted by Crippen LogP contribution is -2.55. The van der Waals surface area contributed by atoms with E-state index in [4.69, 9.17) is 4.74 Å². The normalized spacial score (nSPS) is 17.5. The van der Waals surface area contributed by atoms with Gasteiger partial charge in [-0.1, -0.05) is 20.8 Å². The van der Waals surface area contributed by atoms with Crippen molar-refractivity contribution in [3.8, 4) is 6.07 Å². The van der Waals surface area contributed by atoms with Crippen molar-refractivity contribution in [3.05, 3.63) is 0 Å². The third kappa shape index (κ3) is 3.28. The molecule has 0 saturated carbocycles. The molecule has 0 amide bonds. The minimum absolute atomic E-state index is 0.237. The maximum absolute atomic E-state index is 9.23. The summed E-state index contributed by atoms with van der Waals surface area (Å²) in [5.74, 6) is 0.237. The number of ether oxygens (including phenoxy) is 1. The van der Waals surface area contributed by atoms with Gasteiger partial charge in [0.15, 0.2) is 0 Å². The Morgan fingerprint density at radius 1 is 1.43 bits per heavy atom. The quantitative estimate of drug-likeness (QED) is 0.709. The lowest BCUT2D eigenvalue weighted by Gasteiger charge is -2.33. The summed E-state index contributed by atoms with van der Waals surface area (Å²) >= 11 is 0. The molecule has 1 N–H and O–H groups in total. The zero-order valence-electron chi connectivity index (χ0n) is 9.92. The summed E-state index contributed by atoms with van der Waals surface area (Å²) in [4.78, 5) is 0. The maximum atomic E-state index is 9.23. The molecule has 0 aliphatic rings. The molecule has 0 spiro atoms. The summed E-state index contributed by atoms with van der Waals surface area (Å²) in [5.41, 5.74) is -0.551. The molecule has 0 aromatic rings. The molecule has 82 valence electrons. The lowest BCUT2D eigenvalue weighted by atomic mass is 9.87. The number of methoxy groups -OCH3 is 1. The molecule has 0 aromatic carbocycles. The highest BCUT2D eigenvalue weighted by atomic mass is 16.5. The number of hydrogen-bond acceptors (Lipinski definition) is 3. The molecular formula is C11H22N2O. The SMILES string of the molecule is CCC(C)NC(C#N)(COC)C(C)C. The van der Waals surface area contributed by atoms with Gasteiger partial charge >= 0.3 is 0 Å². The van der Waals surface area contributed by atoms with Crippen LogP contribution in [0.1, 0.15) is 34.1 Å². The van der Waals surface area contributed by atoms with Crippen LogP contribution in [0.3, 0.4) is 0 Å². The van der Waals surface area contributed by atoms with Gasteiger partial charge in [-0.15, -0.1) is 0 Å². The van der Waals surface area contributed by atoms with Crippen molar-refractivity contribution in [3.63, 3.8) is 0 Å². The van der Waals surface area contributed by atoms with Gasteiger partial charge in [0.2, 0.25) is 0 Å². The van der Waals surface area contributed by atoms with Crippen LogP contribution in [0.15, 0.2) is 0 Å². The Morgan fingerprint density at radius 3 is 2.29 bits per heavy atom. The van der Waals surface area contributed by atoms with E-state index in [1.165, 1.54) is 0 Å². The van der Waals surface area contributed by atoms with Crippen molar-refractivity contribution in [1.82, 2.24) is 5.32 Å². The fourth-order valence-corrected chi connectivity index (χ4v) is 1.34. The van der Waals surface area contributed by atoms with Crippen LogP contribution in [0.4, 0.5) is 0 Å². The van der Waals surface area contributed by atoms with Crippen LogP contribution in [0.25, 0.3) is 0 Å². The summed E-state index contributed by atoms with van der Waals surface area (Å²) in [6.07, 6.45) is 1.01. The van der Waals surface area contributed by atoms with Crippen LogP contribution in [0.2, 0.25) is 0 Å². The van der Waals surface area contributed by atoms with E-state index in [0.29, 0.717) is 12.6 Å². The highest BCUT2D eigenvalue weighted by molar-refractivity contribution is 5.10. The number of nitrogens with one attached hydrogen (secondary N) is 1. The van der Waals surface area contributed by atoms with Gasteiger partial charge in [-0.3, -0.25) is 5.32 Å². The van der Waals surface area contributed by atoms with Crippen LogP contribution in [-0.2, 0) is 4.74 Å². The summed E-state index contributed by atoms with van der Waals surface area (Å²) < 4.78 is 5.12. The molecule has 0 bridgehead atoms. The maximum Gasteiger partial charge on any atom is 0.132 e. The van der Waals surface area contributed by atoms with E-state index in [2.05, 4.69) is 25.2 Å². The summed E-state index contributed by atoms with van der Waals surface area (Å²) in [6.45, 7) is 8.71. The van der Waals surface area contributed by atoms with Crippen molar-refractivity contribution in [2.45, 2.75) is 45.7 Å². The van der Waals surface area contributed by atoms with E-state index in [1.807, 2.05) is 13.8 Å². The van der Waals surface area contributed by atoms with Gasteiger partial charge in [-0.25, -0.2) is 0 Å². The van der Waals surface area contributed by atoms with Gasteiger partial charge in [0.1, 0.15) is 5.54 Å². The van der Waals surface area contributed by atoms with Gasteiger partial charge in [-0.2, -0.15) is 5.26 Å². The molecule has 3 heteroatoms. The van der Waals surface area contributed by atoms with Crippen molar-refractivity contribution in [1.29, 1.82) is 5.26 Å². The first kappa shape index (κ1) is 13.4. The van der Waals surface area contributed by atoms with Gasteiger partial charge < -0.3 is 4.74 Å². The topological polar surface area (TPSA) is 45.0 Å². The molecule has 0 aromatic heterocycles. The number of rotatable bonds is 6. The second-order valence-corrected chi connectivity index (χ2v) is 4.12. The van der Waals surface area contributed by atoms with Crippen LogP contribution >= 0.6 is 0 Å². The molecule has 0 aliphatic heterocycles. The third-order valence-electron chi connectivity index (χ3n) is 2.67. The fourth-order valence-electron chi connectivity index (χ4n) is 1.34. The number of hydrogen-bond donors (Lipinski definition) is 1. The van der Waals surface area contributed by atoms with Crippen LogP contribution in [-0.4, -0.2) is 25.3 Å². The molecule has 2 atom stereocenters. The van der Waals surface area contributed by atoms with E-state index >= 15 is 0 Å². The Hall–Kier alpha value is -0.590. The Bertz CT molecular complexity index is 198. The lowest BCUT2D eigenvalue weighted by molar-refractivity contribution is 0.104. The molecule has 3 nitrogen and oxygen atoms in total. The monoisotopic (exact) mass is 198 g/mol. The minimum atomic E-state index is -0.551. The fraction of sp³-hybridized carbons (Fsp3) is 0.909. The van der Waals surface area contributed by atoms with Gasteiger partial charge in [0, 0.05) is 13.2 Å². The number of nitriles is 1. The van der Waals surface area contributed by atoms with Gasteiger partial charge in [-0.05, 0) is 19.3 Å². The standard InChI is InChI=1S/C11H22N2O/c1-6-10(4)13-11(7-12,8-14-5)9(2)3/h9-10,13H,6,8H2,1-5H3. The molecule has 0 rings (SSSR count). The predicted molar refractivity (Wildman–Crippen MR) is 57.9 cm³/mol. The van der Waals surface area contributed by atoms with Gasteiger partial charge in [0.05, 0.1) is 12.7 Å². The predicted octanol–water partition coefficient (Wildman–Crippen LogP) is 1.94. The zero-order valence-corrected chi connectivity index (χ0v) is 9.92. The smallest absolute Gasteiger partial charge is 0.132 e. The molecule has 2 unspecified atom stereocenters. The van der Waals surface area contributed by atoms with Crippen LogP contribution in [0.5, 0.6) is 0 Å².